The molecule has 0 N–H and O–H groups in total. The van der Waals surface area contributed by atoms with Gasteiger partial charge in [-0.15, -0.1) is 11.3 Å². The number of thioether (sulfide) groups is 1. The molecular formula is C18H10N2O4S3. The van der Waals surface area contributed by atoms with Crippen LogP contribution in [-0.2, 0) is 14.4 Å². The number of amides is 4. The maximum atomic E-state index is 13.0. The summed E-state index contributed by atoms with van der Waals surface area (Å²) in [5.74, 6) is -2.21. The average Bonchev–Trinajstić information content (AvgIpc) is 3.31. The van der Waals surface area contributed by atoms with Crippen LogP contribution < -0.4 is 4.90 Å². The number of imide groups is 2. The molecule has 1 saturated heterocycles. The number of benzene rings is 1. The first-order chi connectivity index (χ1) is 12.9. The number of thiocarbonyl (C=S) groups is 1. The number of hydrogen-bond donors (Lipinski definition) is 0. The van der Waals surface area contributed by atoms with Gasteiger partial charge in [0.1, 0.15) is 0 Å². The highest BCUT2D eigenvalue weighted by Crippen LogP contribution is 2.44. The lowest BCUT2D eigenvalue weighted by molar-refractivity contribution is -0.123. The van der Waals surface area contributed by atoms with Crippen molar-refractivity contribution in [2.45, 2.75) is 6.92 Å². The van der Waals surface area contributed by atoms with Gasteiger partial charge in [-0.05, 0) is 17.5 Å². The third-order valence-corrected chi connectivity index (χ3v) is 6.31. The molecule has 0 aliphatic carbocycles. The number of carbonyl (C=O) groups is 4. The van der Waals surface area contributed by atoms with Gasteiger partial charge in [-0.1, -0.05) is 48.2 Å². The minimum absolute atomic E-state index is 0.0612. The van der Waals surface area contributed by atoms with Gasteiger partial charge >= 0.3 is 0 Å². The molecule has 4 rings (SSSR count). The van der Waals surface area contributed by atoms with E-state index >= 15 is 0 Å². The molecule has 1 aromatic heterocycles. The van der Waals surface area contributed by atoms with Crippen LogP contribution in [0.1, 0.15) is 22.2 Å². The van der Waals surface area contributed by atoms with Gasteiger partial charge < -0.3 is 0 Å². The van der Waals surface area contributed by atoms with E-state index in [1.54, 1.807) is 41.8 Å². The van der Waals surface area contributed by atoms with Gasteiger partial charge in [0.05, 0.1) is 21.0 Å². The molecular weight excluding hydrogens is 404 g/mol. The largest absolute Gasteiger partial charge is 0.276 e. The van der Waals surface area contributed by atoms with E-state index in [1.165, 1.54) is 18.3 Å². The standard InChI is InChI=1S/C18H10N2O4S3/c1-9(21)19-11-6-3-2-5-10(11)13(16(19)23)14-17(24)20(18(25)27-14)15(22)12-7-4-8-26-12/h2-8H,1H3/b14-13-. The van der Waals surface area contributed by atoms with E-state index in [1.807, 2.05) is 0 Å². The molecule has 9 heteroatoms. The molecule has 0 bridgehead atoms. The fraction of sp³-hybridized carbons (Fsp3) is 0.0556. The van der Waals surface area contributed by atoms with Crippen LogP contribution in [0.2, 0.25) is 0 Å². The van der Waals surface area contributed by atoms with Crippen LogP contribution >= 0.6 is 35.3 Å². The minimum Gasteiger partial charge on any atom is -0.274 e. The van der Waals surface area contributed by atoms with Crippen molar-refractivity contribution in [2.24, 2.45) is 0 Å². The second-order valence-electron chi connectivity index (χ2n) is 5.67. The minimum atomic E-state index is -0.646. The molecule has 2 aliphatic heterocycles. The van der Waals surface area contributed by atoms with Crippen molar-refractivity contribution in [1.82, 2.24) is 4.90 Å². The number of carbonyl (C=O) groups excluding carboxylic acids is 4. The molecule has 134 valence electrons. The lowest BCUT2D eigenvalue weighted by Gasteiger charge is -2.12. The van der Waals surface area contributed by atoms with E-state index in [2.05, 4.69) is 0 Å². The predicted molar refractivity (Wildman–Crippen MR) is 107 cm³/mol. The molecule has 6 nitrogen and oxygen atoms in total. The third kappa shape index (κ3) is 2.66. The van der Waals surface area contributed by atoms with Crippen molar-refractivity contribution in [3.8, 4) is 0 Å². The summed E-state index contributed by atoms with van der Waals surface area (Å²) >= 11 is 7.32. The summed E-state index contributed by atoms with van der Waals surface area (Å²) in [6, 6.07) is 10.0. The zero-order valence-corrected chi connectivity index (χ0v) is 16.2. The summed E-state index contributed by atoms with van der Waals surface area (Å²) in [5, 5.41) is 1.73. The maximum absolute atomic E-state index is 13.0. The van der Waals surface area contributed by atoms with Gasteiger partial charge in [0.25, 0.3) is 17.7 Å². The molecule has 2 aromatic rings. The van der Waals surface area contributed by atoms with Crippen molar-refractivity contribution >= 4 is 74.5 Å². The second kappa shape index (κ2) is 6.52. The number of para-hydroxylation sites is 1. The fourth-order valence-corrected chi connectivity index (χ4v) is 4.93. The smallest absolute Gasteiger partial charge is 0.274 e. The molecule has 1 aromatic carbocycles. The molecule has 0 spiro atoms. The number of rotatable bonds is 1. The van der Waals surface area contributed by atoms with Crippen LogP contribution in [0.4, 0.5) is 5.69 Å². The highest BCUT2D eigenvalue weighted by molar-refractivity contribution is 8.27. The Hall–Kier alpha value is -2.62. The Morgan fingerprint density at radius 2 is 1.74 bits per heavy atom. The molecule has 3 heterocycles. The van der Waals surface area contributed by atoms with Crippen molar-refractivity contribution in [2.75, 3.05) is 4.90 Å². The summed E-state index contributed by atoms with van der Waals surface area (Å²) in [6.07, 6.45) is 0. The van der Waals surface area contributed by atoms with Crippen molar-refractivity contribution in [1.29, 1.82) is 0 Å². The molecule has 0 atom stereocenters. The van der Waals surface area contributed by atoms with Crippen LogP contribution in [0.25, 0.3) is 5.57 Å². The average molecular weight is 414 g/mol. The molecule has 0 unspecified atom stereocenters. The summed E-state index contributed by atoms with van der Waals surface area (Å²) in [4.78, 5) is 52.8. The Bertz CT molecular complexity index is 1070. The molecule has 1 fully saturated rings. The lowest BCUT2D eigenvalue weighted by Crippen LogP contribution is -2.35. The highest BCUT2D eigenvalue weighted by atomic mass is 32.2. The normalized spacial score (nSPS) is 19.1. The third-order valence-electron chi connectivity index (χ3n) is 4.08. The van der Waals surface area contributed by atoms with Crippen LogP contribution in [0.3, 0.4) is 0 Å². The zero-order chi connectivity index (χ0) is 19.3. The van der Waals surface area contributed by atoms with E-state index in [4.69, 9.17) is 12.2 Å². The van der Waals surface area contributed by atoms with E-state index in [9.17, 15) is 19.2 Å². The second-order valence-corrected chi connectivity index (χ2v) is 8.26. The topological polar surface area (TPSA) is 74.8 Å². The number of nitrogens with zero attached hydrogens (tertiary/aromatic N) is 2. The zero-order valence-electron chi connectivity index (χ0n) is 13.8. The first-order valence-electron chi connectivity index (χ1n) is 7.74. The maximum Gasteiger partial charge on any atom is 0.276 e. The van der Waals surface area contributed by atoms with Gasteiger partial charge in [-0.25, -0.2) is 9.80 Å². The molecule has 27 heavy (non-hydrogen) atoms. The van der Waals surface area contributed by atoms with Gasteiger partial charge in [-0.3, -0.25) is 19.2 Å². The Balaban J connectivity index is 1.83. The molecule has 2 aliphatic rings. The van der Waals surface area contributed by atoms with Crippen molar-refractivity contribution < 1.29 is 19.2 Å². The van der Waals surface area contributed by atoms with Gasteiger partial charge in [0, 0.05) is 12.5 Å². The van der Waals surface area contributed by atoms with Gasteiger partial charge in [-0.2, -0.15) is 0 Å². The van der Waals surface area contributed by atoms with Crippen LogP contribution in [0.5, 0.6) is 0 Å². The Labute approximate surface area is 167 Å². The summed E-state index contributed by atoms with van der Waals surface area (Å²) in [5.41, 5.74) is 0.987. The molecule has 0 radical (unpaired) electrons. The van der Waals surface area contributed by atoms with Crippen LogP contribution in [0, 0.1) is 0 Å². The number of anilines is 1. The SMILES string of the molecule is CC(=O)N1C(=O)/C(=C2\SC(=S)N(C(=O)c3cccs3)C2=O)c2ccccc21. The van der Waals surface area contributed by atoms with E-state index < -0.39 is 23.6 Å². The Kier molecular flexibility index (Phi) is 4.29. The van der Waals surface area contributed by atoms with Crippen molar-refractivity contribution in [3.05, 3.63) is 57.1 Å². The van der Waals surface area contributed by atoms with Crippen LogP contribution in [0.15, 0.2) is 46.7 Å². The molecule has 0 saturated carbocycles. The first-order valence-corrected chi connectivity index (χ1v) is 9.85. The van der Waals surface area contributed by atoms with E-state index in [0.29, 0.717) is 16.1 Å². The number of hydrogen-bond acceptors (Lipinski definition) is 7. The monoisotopic (exact) mass is 414 g/mol. The summed E-state index contributed by atoms with van der Waals surface area (Å²) in [7, 11) is 0. The van der Waals surface area contributed by atoms with Crippen LogP contribution in [-0.4, -0.2) is 32.8 Å². The molecule has 4 amide bonds. The predicted octanol–water partition coefficient (Wildman–Crippen LogP) is 3.05. The Morgan fingerprint density at radius 1 is 1.00 bits per heavy atom. The van der Waals surface area contributed by atoms with E-state index in [-0.39, 0.29) is 14.8 Å². The first kappa shape index (κ1) is 17.8. The fourth-order valence-electron chi connectivity index (χ4n) is 2.95. The summed E-state index contributed by atoms with van der Waals surface area (Å²) < 4.78 is 0.0625. The number of fused-ring (bicyclic) bond motifs is 1. The van der Waals surface area contributed by atoms with Crippen molar-refractivity contribution in [3.63, 3.8) is 0 Å². The van der Waals surface area contributed by atoms with E-state index in [0.717, 1.165) is 21.6 Å². The van der Waals surface area contributed by atoms with Gasteiger partial charge in [0.15, 0.2) is 4.32 Å². The lowest BCUT2D eigenvalue weighted by atomic mass is 10.1. The number of thiophene rings is 1. The van der Waals surface area contributed by atoms with Gasteiger partial charge in [0.2, 0.25) is 5.91 Å². The highest BCUT2D eigenvalue weighted by Gasteiger charge is 2.45. The quantitative estimate of drug-likeness (QED) is 0.406. The Morgan fingerprint density at radius 3 is 2.41 bits per heavy atom. The summed E-state index contributed by atoms with van der Waals surface area (Å²) in [6.45, 7) is 1.28.